The minimum Gasteiger partial charge on any atom is -0.394 e. The second-order valence-corrected chi connectivity index (χ2v) is 4.18. The normalized spacial score (nSPS) is 39.2. The van der Waals surface area contributed by atoms with Crippen LogP contribution in [0.1, 0.15) is 27.2 Å². The summed E-state index contributed by atoms with van der Waals surface area (Å²) in [7, 11) is 0. The molecule has 72 valence electrons. The molecule has 0 aromatic rings. The molecular weight excluding hydrogens is 154 g/mol. The lowest BCUT2D eigenvalue weighted by molar-refractivity contribution is -0.162. The number of aliphatic hydroxyl groups is 1. The molecule has 0 aromatic carbocycles. The Balaban J connectivity index is 2.59. The van der Waals surface area contributed by atoms with Crippen LogP contribution in [0, 0.1) is 5.41 Å². The first kappa shape index (κ1) is 9.96. The Hall–Kier alpha value is -0.120. The number of rotatable bonds is 3. The van der Waals surface area contributed by atoms with Crippen LogP contribution < -0.4 is 5.73 Å². The van der Waals surface area contributed by atoms with Crippen molar-refractivity contribution in [2.24, 2.45) is 11.1 Å². The summed E-state index contributed by atoms with van der Waals surface area (Å²) in [6.45, 7) is 6.84. The van der Waals surface area contributed by atoms with Gasteiger partial charge in [-0.2, -0.15) is 0 Å². The molecule has 0 saturated heterocycles. The standard InChI is InChI=1S/C9H19NO2/c1-4-12-7-5-9(10,6-11)8(7,2)3/h7,11H,4-6,10H2,1-3H3. The summed E-state index contributed by atoms with van der Waals surface area (Å²) in [5, 5.41) is 9.09. The third-order valence-corrected chi connectivity index (χ3v) is 3.29. The molecule has 0 amide bonds. The van der Waals surface area contributed by atoms with Crippen LogP contribution in [-0.2, 0) is 4.74 Å². The monoisotopic (exact) mass is 173 g/mol. The minimum absolute atomic E-state index is 0.0452. The highest BCUT2D eigenvalue weighted by atomic mass is 16.5. The van der Waals surface area contributed by atoms with E-state index < -0.39 is 5.54 Å². The molecule has 3 N–H and O–H groups in total. The molecular formula is C9H19NO2. The molecule has 1 saturated carbocycles. The molecule has 0 aliphatic heterocycles. The van der Waals surface area contributed by atoms with E-state index in [-0.39, 0.29) is 18.1 Å². The number of hydrogen-bond acceptors (Lipinski definition) is 3. The zero-order valence-electron chi connectivity index (χ0n) is 8.13. The van der Waals surface area contributed by atoms with Gasteiger partial charge in [0.05, 0.1) is 12.7 Å². The Morgan fingerprint density at radius 1 is 1.58 bits per heavy atom. The van der Waals surface area contributed by atoms with Gasteiger partial charge in [-0.1, -0.05) is 13.8 Å². The van der Waals surface area contributed by atoms with Crippen molar-refractivity contribution in [3.63, 3.8) is 0 Å². The Labute approximate surface area is 73.9 Å². The third-order valence-electron chi connectivity index (χ3n) is 3.29. The van der Waals surface area contributed by atoms with Crippen molar-refractivity contribution in [2.45, 2.75) is 38.8 Å². The van der Waals surface area contributed by atoms with Crippen molar-refractivity contribution >= 4 is 0 Å². The van der Waals surface area contributed by atoms with Gasteiger partial charge in [0.25, 0.3) is 0 Å². The Morgan fingerprint density at radius 2 is 2.17 bits per heavy atom. The second-order valence-electron chi connectivity index (χ2n) is 4.18. The molecule has 1 aliphatic carbocycles. The van der Waals surface area contributed by atoms with Gasteiger partial charge >= 0.3 is 0 Å². The molecule has 12 heavy (non-hydrogen) atoms. The maximum absolute atomic E-state index is 9.09. The van der Waals surface area contributed by atoms with E-state index in [2.05, 4.69) is 0 Å². The SMILES string of the molecule is CCOC1CC(N)(CO)C1(C)C. The van der Waals surface area contributed by atoms with Crippen LogP contribution in [0.25, 0.3) is 0 Å². The van der Waals surface area contributed by atoms with Crippen molar-refractivity contribution in [1.29, 1.82) is 0 Å². The van der Waals surface area contributed by atoms with Gasteiger partial charge in [0.15, 0.2) is 0 Å². The van der Waals surface area contributed by atoms with Gasteiger partial charge in [0.1, 0.15) is 0 Å². The summed E-state index contributed by atoms with van der Waals surface area (Å²) in [6, 6.07) is 0. The summed E-state index contributed by atoms with van der Waals surface area (Å²) in [5.74, 6) is 0. The molecule has 1 rings (SSSR count). The van der Waals surface area contributed by atoms with Crippen LogP contribution in [-0.4, -0.2) is 30.0 Å². The summed E-state index contributed by atoms with van der Waals surface area (Å²) in [4.78, 5) is 0. The maximum atomic E-state index is 9.09. The number of ether oxygens (including phenoxy) is 1. The first-order valence-electron chi connectivity index (χ1n) is 4.49. The van der Waals surface area contributed by atoms with Gasteiger partial charge < -0.3 is 15.6 Å². The summed E-state index contributed by atoms with van der Waals surface area (Å²) < 4.78 is 5.50. The third kappa shape index (κ3) is 1.16. The zero-order chi connectivity index (χ0) is 9.41. The smallest absolute Gasteiger partial charge is 0.0662 e. The Bertz CT molecular complexity index is 170. The minimum atomic E-state index is -0.438. The van der Waals surface area contributed by atoms with E-state index in [0.717, 1.165) is 13.0 Å². The maximum Gasteiger partial charge on any atom is 0.0662 e. The van der Waals surface area contributed by atoms with Crippen molar-refractivity contribution in [3.8, 4) is 0 Å². The molecule has 1 fully saturated rings. The predicted molar refractivity (Wildman–Crippen MR) is 47.8 cm³/mol. The van der Waals surface area contributed by atoms with Gasteiger partial charge in [0, 0.05) is 17.6 Å². The molecule has 2 atom stereocenters. The van der Waals surface area contributed by atoms with Crippen LogP contribution in [0.4, 0.5) is 0 Å². The molecule has 3 nitrogen and oxygen atoms in total. The van der Waals surface area contributed by atoms with Crippen molar-refractivity contribution in [1.82, 2.24) is 0 Å². The number of aliphatic hydroxyl groups excluding tert-OH is 1. The molecule has 0 heterocycles. The van der Waals surface area contributed by atoms with E-state index in [9.17, 15) is 0 Å². The van der Waals surface area contributed by atoms with Crippen LogP contribution >= 0.6 is 0 Å². The van der Waals surface area contributed by atoms with Crippen LogP contribution in [0.2, 0.25) is 0 Å². The zero-order valence-corrected chi connectivity index (χ0v) is 8.13. The Kier molecular flexibility index (Phi) is 2.47. The molecule has 0 bridgehead atoms. The topological polar surface area (TPSA) is 55.5 Å². The number of nitrogens with two attached hydrogens (primary N) is 1. The van der Waals surface area contributed by atoms with E-state index in [0.29, 0.717) is 0 Å². The van der Waals surface area contributed by atoms with Crippen LogP contribution in [0.3, 0.4) is 0 Å². The summed E-state index contributed by atoms with van der Waals surface area (Å²) in [5.41, 5.74) is 5.43. The van der Waals surface area contributed by atoms with Crippen molar-refractivity contribution in [2.75, 3.05) is 13.2 Å². The fourth-order valence-electron chi connectivity index (χ4n) is 1.78. The first-order valence-corrected chi connectivity index (χ1v) is 4.49. The highest BCUT2D eigenvalue weighted by Crippen LogP contribution is 2.49. The summed E-state index contributed by atoms with van der Waals surface area (Å²) >= 11 is 0. The highest BCUT2D eigenvalue weighted by molar-refractivity contribution is 5.13. The lowest BCUT2D eigenvalue weighted by Crippen LogP contribution is -2.71. The fraction of sp³-hybridized carbons (Fsp3) is 1.00. The van der Waals surface area contributed by atoms with E-state index >= 15 is 0 Å². The first-order chi connectivity index (χ1) is 5.48. The van der Waals surface area contributed by atoms with Crippen molar-refractivity contribution in [3.05, 3.63) is 0 Å². The quantitative estimate of drug-likeness (QED) is 0.654. The molecule has 3 heteroatoms. The number of hydrogen-bond donors (Lipinski definition) is 2. The second kappa shape index (κ2) is 2.98. The molecule has 0 spiro atoms. The van der Waals surface area contributed by atoms with Crippen LogP contribution in [0.5, 0.6) is 0 Å². The van der Waals surface area contributed by atoms with E-state index in [1.54, 1.807) is 0 Å². The van der Waals surface area contributed by atoms with Gasteiger partial charge in [0.2, 0.25) is 0 Å². The summed E-state index contributed by atoms with van der Waals surface area (Å²) in [6.07, 6.45) is 0.976. The fourth-order valence-corrected chi connectivity index (χ4v) is 1.78. The van der Waals surface area contributed by atoms with E-state index in [1.807, 2.05) is 20.8 Å². The van der Waals surface area contributed by atoms with Gasteiger partial charge in [-0.05, 0) is 13.3 Å². The van der Waals surface area contributed by atoms with Gasteiger partial charge in [-0.25, -0.2) is 0 Å². The lowest BCUT2D eigenvalue weighted by Gasteiger charge is -2.58. The molecule has 0 radical (unpaired) electrons. The van der Waals surface area contributed by atoms with E-state index in [4.69, 9.17) is 15.6 Å². The molecule has 2 unspecified atom stereocenters. The average molecular weight is 173 g/mol. The largest absolute Gasteiger partial charge is 0.394 e. The molecule has 1 aliphatic rings. The van der Waals surface area contributed by atoms with Gasteiger partial charge in [-0.3, -0.25) is 0 Å². The molecule has 0 aromatic heterocycles. The van der Waals surface area contributed by atoms with Crippen LogP contribution in [0.15, 0.2) is 0 Å². The van der Waals surface area contributed by atoms with Crippen molar-refractivity contribution < 1.29 is 9.84 Å². The highest BCUT2D eigenvalue weighted by Gasteiger charge is 2.58. The van der Waals surface area contributed by atoms with E-state index in [1.165, 1.54) is 0 Å². The predicted octanol–water partition coefficient (Wildman–Crippen LogP) is 0.511. The van der Waals surface area contributed by atoms with Gasteiger partial charge in [-0.15, -0.1) is 0 Å². The average Bonchev–Trinajstić information content (AvgIpc) is 2.04. The Morgan fingerprint density at radius 3 is 2.50 bits per heavy atom. The lowest BCUT2D eigenvalue weighted by atomic mass is 9.55.